The Morgan fingerprint density at radius 2 is 1.83 bits per heavy atom. The van der Waals surface area contributed by atoms with Crippen molar-refractivity contribution >= 4 is 5.91 Å². The molecule has 1 saturated heterocycles. The number of hydrogen-bond donors (Lipinski definition) is 2. The van der Waals surface area contributed by atoms with Crippen LogP contribution in [-0.2, 0) is 4.79 Å². The summed E-state index contributed by atoms with van der Waals surface area (Å²) in [7, 11) is 0. The van der Waals surface area contributed by atoms with E-state index in [1.54, 1.807) is 6.92 Å². The van der Waals surface area contributed by atoms with Gasteiger partial charge in [-0.1, -0.05) is 6.58 Å². The molecule has 1 atom stereocenters. The number of hydrogen-bond acceptors (Lipinski definition) is 2. The van der Waals surface area contributed by atoms with Gasteiger partial charge in [-0.05, 0) is 27.7 Å². The molecule has 1 heterocycles. The molecule has 0 radical (unpaired) electrons. The second-order valence-electron chi connectivity index (χ2n) is 4.11. The molecule has 1 unspecified atom stereocenters. The van der Waals surface area contributed by atoms with E-state index >= 15 is 0 Å². The lowest BCUT2D eigenvalue weighted by molar-refractivity contribution is -0.118. The van der Waals surface area contributed by atoms with E-state index in [0.717, 1.165) is 0 Å². The third kappa shape index (κ3) is 1.37. The summed E-state index contributed by atoms with van der Waals surface area (Å²) in [5.74, 6) is -0.0874. The molecule has 68 valence electrons. The number of carbonyl (C=O) groups excluding carboxylic acids is 1. The highest BCUT2D eigenvalue weighted by Crippen LogP contribution is 2.34. The lowest BCUT2D eigenvalue weighted by atomic mass is 10.1. The van der Waals surface area contributed by atoms with Gasteiger partial charge in [0.15, 0.2) is 0 Å². The van der Waals surface area contributed by atoms with E-state index in [2.05, 4.69) is 17.2 Å². The molecule has 0 aliphatic carbocycles. The zero-order chi connectivity index (χ0) is 9.57. The SMILES string of the molecule is C=C(C)C(=O)NC1(C)NC1(C)C. The third-order valence-corrected chi connectivity index (χ3v) is 2.50. The van der Waals surface area contributed by atoms with Gasteiger partial charge < -0.3 is 5.32 Å². The van der Waals surface area contributed by atoms with Gasteiger partial charge in [0.05, 0.1) is 5.54 Å². The predicted octanol–water partition coefficient (Wildman–Crippen LogP) is 0.777. The van der Waals surface area contributed by atoms with Crippen molar-refractivity contribution in [2.24, 2.45) is 0 Å². The maximum Gasteiger partial charge on any atom is 0.247 e. The van der Waals surface area contributed by atoms with E-state index in [9.17, 15) is 4.79 Å². The molecular weight excluding hydrogens is 152 g/mol. The minimum Gasteiger partial charge on any atom is -0.333 e. The van der Waals surface area contributed by atoms with Gasteiger partial charge in [-0.3, -0.25) is 10.1 Å². The van der Waals surface area contributed by atoms with E-state index in [1.807, 2.05) is 20.8 Å². The summed E-state index contributed by atoms with van der Waals surface area (Å²) in [6, 6.07) is 0. The fourth-order valence-electron chi connectivity index (χ4n) is 1.12. The minimum atomic E-state index is -0.261. The molecule has 12 heavy (non-hydrogen) atoms. The van der Waals surface area contributed by atoms with Gasteiger partial charge >= 0.3 is 0 Å². The molecule has 1 amide bonds. The molecule has 1 rings (SSSR count). The summed E-state index contributed by atoms with van der Waals surface area (Å²) < 4.78 is 0. The van der Waals surface area contributed by atoms with Crippen LogP contribution >= 0.6 is 0 Å². The lowest BCUT2D eigenvalue weighted by Crippen LogP contribution is -2.41. The highest BCUT2D eigenvalue weighted by Gasteiger charge is 2.58. The van der Waals surface area contributed by atoms with E-state index in [-0.39, 0.29) is 17.1 Å². The maximum absolute atomic E-state index is 11.2. The zero-order valence-corrected chi connectivity index (χ0v) is 8.12. The van der Waals surface area contributed by atoms with Crippen molar-refractivity contribution in [1.82, 2.24) is 10.6 Å². The first-order valence-corrected chi connectivity index (χ1v) is 4.06. The topological polar surface area (TPSA) is 51.0 Å². The van der Waals surface area contributed by atoms with Crippen molar-refractivity contribution in [1.29, 1.82) is 0 Å². The second kappa shape index (κ2) is 2.33. The van der Waals surface area contributed by atoms with Crippen LogP contribution in [0.3, 0.4) is 0 Å². The molecule has 2 N–H and O–H groups in total. The third-order valence-electron chi connectivity index (χ3n) is 2.50. The van der Waals surface area contributed by atoms with Crippen LogP contribution in [0.4, 0.5) is 0 Å². The van der Waals surface area contributed by atoms with Gasteiger partial charge in [0.25, 0.3) is 0 Å². The molecule has 0 aromatic carbocycles. The molecule has 3 nitrogen and oxygen atoms in total. The van der Waals surface area contributed by atoms with Crippen LogP contribution in [0.25, 0.3) is 0 Å². The van der Waals surface area contributed by atoms with Gasteiger partial charge in [-0.15, -0.1) is 0 Å². The van der Waals surface area contributed by atoms with Gasteiger partial charge in [0, 0.05) is 5.57 Å². The van der Waals surface area contributed by atoms with Crippen molar-refractivity contribution < 1.29 is 4.79 Å². The Bertz CT molecular complexity index is 245. The van der Waals surface area contributed by atoms with E-state index in [0.29, 0.717) is 5.57 Å². The van der Waals surface area contributed by atoms with Crippen LogP contribution in [0, 0.1) is 0 Å². The van der Waals surface area contributed by atoms with Crippen LogP contribution in [0.5, 0.6) is 0 Å². The van der Waals surface area contributed by atoms with Crippen molar-refractivity contribution in [2.45, 2.75) is 38.9 Å². The Labute approximate surface area is 73.2 Å². The molecule has 0 aromatic heterocycles. The van der Waals surface area contributed by atoms with Crippen molar-refractivity contribution in [2.75, 3.05) is 0 Å². The van der Waals surface area contributed by atoms with Crippen LogP contribution in [-0.4, -0.2) is 17.1 Å². The highest BCUT2D eigenvalue weighted by molar-refractivity contribution is 5.93. The molecule has 3 heteroatoms. The van der Waals surface area contributed by atoms with Crippen molar-refractivity contribution in [3.63, 3.8) is 0 Å². The van der Waals surface area contributed by atoms with Crippen molar-refractivity contribution in [3.05, 3.63) is 12.2 Å². The Hall–Kier alpha value is -0.830. The summed E-state index contributed by atoms with van der Waals surface area (Å²) in [4.78, 5) is 11.2. The maximum atomic E-state index is 11.2. The van der Waals surface area contributed by atoms with E-state index in [1.165, 1.54) is 0 Å². The molecule has 1 aliphatic rings. The molecule has 0 spiro atoms. The Kier molecular flexibility index (Phi) is 1.80. The zero-order valence-electron chi connectivity index (χ0n) is 8.12. The first kappa shape index (κ1) is 9.26. The number of rotatable bonds is 2. The van der Waals surface area contributed by atoms with Gasteiger partial charge in [0.1, 0.15) is 5.66 Å². The standard InChI is InChI=1S/C9H16N2O/c1-6(2)7(12)10-9(5)8(3,4)11-9/h11H,1H2,2-5H3,(H,10,12). The smallest absolute Gasteiger partial charge is 0.247 e. The molecule has 0 aromatic rings. The van der Waals surface area contributed by atoms with Gasteiger partial charge in [0.2, 0.25) is 5.91 Å². The first-order valence-electron chi connectivity index (χ1n) is 4.06. The molecule has 1 aliphatic heterocycles. The summed E-state index contributed by atoms with van der Waals surface area (Å²) in [6.45, 7) is 11.3. The number of nitrogens with one attached hydrogen (secondary N) is 2. The number of amides is 1. The fourth-order valence-corrected chi connectivity index (χ4v) is 1.12. The predicted molar refractivity (Wildman–Crippen MR) is 48.6 cm³/mol. The van der Waals surface area contributed by atoms with Crippen LogP contribution in [0.2, 0.25) is 0 Å². The molecule has 0 bridgehead atoms. The van der Waals surface area contributed by atoms with E-state index < -0.39 is 0 Å². The number of carbonyl (C=O) groups is 1. The summed E-state index contributed by atoms with van der Waals surface area (Å²) in [5, 5.41) is 6.07. The van der Waals surface area contributed by atoms with Crippen LogP contribution in [0.15, 0.2) is 12.2 Å². The minimum absolute atomic E-state index is 0.00188. The largest absolute Gasteiger partial charge is 0.333 e. The van der Waals surface area contributed by atoms with Crippen LogP contribution < -0.4 is 10.6 Å². The molecular formula is C9H16N2O. The average molecular weight is 168 g/mol. The highest BCUT2D eigenvalue weighted by atomic mass is 16.2. The first-order chi connectivity index (χ1) is 5.28. The average Bonchev–Trinajstić information content (AvgIpc) is 2.30. The molecule has 0 saturated carbocycles. The lowest BCUT2D eigenvalue weighted by Gasteiger charge is -2.13. The Balaban J connectivity index is 2.55. The summed E-state index contributed by atoms with van der Waals surface area (Å²) >= 11 is 0. The summed E-state index contributed by atoms with van der Waals surface area (Å²) in [6.07, 6.45) is 0. The van der Waals surface area contributed by atoms with Crippen molar-refractivity contribution in [3.8, 4) is 0 Å². The normalized spacial score (nSPS) is 31.0. The molecule has 1 fully saturated rings. The Morgan fingerprint density at radius 3 is 2.08 bits per heavy atom. The monoisotopic (exact) mass is 168 g/mol. The second-order valence-corrected chi connectivity index (χ2v) is 4.11. The van der Waals surface area contributed by atoms with Gasteiger partial charge in [-0.25, -0.2) is 0 Å². The quantitative estimate of drug-likeness (QED) is 0.473. The van der Waals surface area contributed by atoms with Gasteiger partial charge in [-0.2, -0.15) is 0 Å². The fraction of sp³-hybridized carbons (Fsp3) is 0.667. The van der Waals surface area contributed by atoms with Crippen LogP contribution in [0.1, 0.15) is 27.7 Å². The summed E-state index contributed by atoms with van der Waals surface area (Å²) in [5.41, 5.74) is 0.280. The Morgan fingerprint density at radius 1 is 1.42 bits per heavy atom. The van der Waals surface area contributed by atoms with E-state index in [4.69, 9.17) is 0 Å².